The Morgan fingerprint density at radius 2 is 1.95 bits per heavy atom. The number of halogens is 1. The van der Waals surface area contributed by atoms with E-state index >= 15 is 0 Å². The fourth-order valence-corrected chi connectivity index (χ4v) is 1.74. The van der Waals surface area contributed by atoms with Gasteiger partial charge in [-0.3, -0.25) is 10.1 Å². The van der Waals surface area contributed by atoms with Gasteiger partial charge in [-0.25, -0.2) is 4.39 Å². The van der Waals surface area contributed by atoms with E-state index in [1.54, 1.807) is 18.2 Å². The van der Waals surface area contributed by atoms with Crippen LogP contribution in [0.5, 0.6) is 11.5 Å². The fourth-order valence-electron chi connectivity index (χ4n) is 1.74. The summed E-state index contributed by atoms with van der Waals surface area (Å²) in [7, 11) is 0. The number of aliphatic hydroxyl groups excluding tert-OH is 1. The standard InChI is InChI=1S/C14H12FNO4/c1-9-2-4-13(10(6-9)8-17)20-14-5-3-11(16(18)19)7-12(14)15/h2-7,17H,8H2,1H3. The number of benzene rings is 2. The summed E-state index contributed by atoms with van der Waals surface area (Å²) < 4.78 is 19.1. The van der Waals surface area contributed by atoms with Crippen molar-refractivity contribution in [3.63, 3.8) is 0 Å². The number of aryl methyl sites for hydroxylation is 1. The number of hydrogen-bond acceptors (Lipinski definition) is 4. The van der Waals surface area contributed by atoms with Gasteiger partial charge in [0.1, 0.15) is 5.75 Å². The van der Waals surface area contributed by atoms with E-state index in [0.29, 0.717) is 11.3 Å². The van der Waals surface area contributed by atoms with Crippen molar-refractivity contribution in [2.24, 2.45) is 0 Å². The Balaban J connectivity index is 2.33. The Morgan fingerprint density at radius 1 is 1.25 bits per heavy atom. The molecule has 2 aromatic rings. The van der Waals surface area contributed by atoms with Crippen LogP contribution in [0, 0.1) is 22.9 Å². The van der Waals surface area contributed by atoms with Gasteiger partial charge in [-0.15, -0.1) is 0 Å². The first-order valence-electron chi connectivity index (χ1n) is 5.83. The van der Waals surface area contributed by atoms with Gasteiger partial charge in [-0.05, 0) is 19.1 Å². The van der Waals surface area contributed by atoms with Crippen LogP contribution in [-0.2, 0) is 6.61 Å². The average molecular weight is 277 g/mol. The second-order valence-electron chi connectivity index (χ2n) is 4.24. The molecule has 0 atom stereocenters. The Hall–Kier alpha value is -2.47. The molecule has 0 aliphatic rings. The third-order valence-electron chi connectivity index (χ3n) is 2.73. The highest BCUT2D eigenvalue weighted by Crippen LogP contribution is 2.30. The molecule has 0 saturated heterocycles. The molecule has 2 aromatic carbocycles. The van der Waals surface area contributed by atoms with Crippen molar-refractivity contribution in [3.05, 3.63) is 63.5 Å². The molecule has 20 heavy (non-hydrogen) atoms. The first kappa shape index (κ1) is 14.0. The van der Waals surface area contributed by atoms with Gasteiger partial charge in [0.15, 0.2) is 11.6 Å². The van der Waals surface area contributed by atoms with Crippen molar-refractivity contribution < 1.29 is 19.2 Å². The Labute approximate surface area is 114 Å². The van der Waals surface area contributed by atoms with Crippen LogP contribution in [0.25, 0.3) is 0 Å². The van der Waals surface area contributed by atoms with Gasteiger partial charge in [-0.2, -0.15) is 0 Å². The number of aliphatic hydroxyl groups is 1. The van der Waals surface area contributed by atoms with Gasteiger partial charge in [0, 0.05) is 11.6 Å². The second kappa shape index (κ2) is 5.66. The molecule has 5 nitrogen and oxygen atoms in total. The van der Waals surface area contributed by atoms with Gasteiger partial charge in [0.05, 0.1) is 17.6 Å². The van der Waals surface area contributed by atoms with E-state index in [2.05, 4.69) is 0 Å². The molecule has 0 saturated carbocycles. The first-order valence-corrected chi connectivity index (χ1v) is 5.83. The van der Waals surface area contributed by atoms with Crippen molar-refractivity contribution in [2.45, 2.75) is 13.5 Å². The van der Waals surface area contributed by atoms with E-state index in [0.717, 1.165) is 17.7 Å². The van der Waals surface area contributed by atoms with Crippen LogP contribution < -0.4 is 4.74 Å². The van der Waals surface area contributed by atoms with Crippen molar-refractivity contribution >= 4 is 5.69 Å². The monoisotopic (exact) mass is 277 g/mol. The minimum Gasteiger partial charge on any atom is -0.454 e. The Morgan fingerprint density at radius 3 is 2.55 bits per heavy atom. The van der Waals surface area contributed by atoms with Crippen molar-refractivity contribution in [1.82, 2.24) is 0 Å². The molecular weight excluding hydrogens is 265 g/mol. The zero-order chi connectivity index (χ0) is 14.7. The summed E-state index contributed by atoms with van der Waals surface area (Å²) in [6, 6.07) is 8.24. The molecule has 0 fully saturated rings. The van der Waals surface area contributed by atoms with Crippen LogP contribution in [-0.4, -0.2) is 10.0 Å². The molecule has 2 rings (SSSR count). The lowest BCUT2D eigenvalue weighted by molar-refractivity contribution is -0.385. The molecule has 6 heteroatoms. The predicted molar refractivity (Wildman–Crippen MR) is 70.2 cm³/mol. The average Bonchev–Trinajstić information content (AvgIpc) is 2.42. The zero-order valence-corrected chi connectivity index (χ0v) is 10.7. The van der Waals surface area contributed by atoms with Crippen molar-refractivity contribution in [3.8, 4) is 11.5 Å². The molecule has 0 aromatic heterocycles. The first-order chi connectivity index (χ1) is 9.51. The largest absolute Gasteiger partial charge is 0.454 e. The Bertz CT molecular complexity index is 658. The van der Waals surface area contributed by atoms with E-state index in [9.17, 15) is 19.6 Å². The summed E-state index contributed by atoms with van der Waals surface area (Å²) in [6.45, 7) is 1.61. The van der Waals surface area contributed by atoms with E-state index < -0.39 is 10.7 Å². The lowest BCUT2D eigenvalue weighted by Gasteiger charge is -2.11. The minimum absolute atomic E-state index is 0.130. The minimum atomic E-state index is -0.830. The van der Waals surface area contributed by atoms with Crippen LogP contribution in [0.15, 0.2) is 36.4 Å². The summed E-state index contributed by atoms with van der Waals surface area (Å²) in [5, 5.41) is 19.8. The molecule has 0 unspecified atom stereocenters. The lowest BCUT2D eigenvalue weighted by Crippen LogP contribution is -1.95. The highest BCUT2D eigenvalue weighted by Gasteiger charge is 2.13. The van der Waals surface area contributed by atoms with E-state index in [1.165, 1.54) is 6.07 Å². The van der Waals surface area contributed by atoms with Gasteiger partial charge in [-0.1, -0.05) is 17.7 Å². The molecule has 0 aliphatic carbocycles. The molecule has 0 amide bonds. The maximum absolute atomic E-state index is 13.7. The Kier molecular flexibility index (Phi) is 3.95. The summed E-state index contributed by atoms with van der Waals surface area (Å²) in [4.78, 5) is 9.84. The van der Waals surface area contributed by atoms with Crippen LogP contribution in [0.2, 0.25) is 0 Å². The van der Waals surface area contributed by atoms with Crippen LogP contribution in [0.1, 0.15) is 11.1 Å². The highest BCUT2D eigenvalue weighted by atomic mass is 19.1. The topological polar surface area (TPSA) is 72.6 Å². The maximum Gasteiger partial charge on any atom is 0.272 e. The normalized spacial score (nSPS) is 10.3. The molecule has 0 radical (unpaired) electrons. The summed E-state index contributed by atoms with van der Waals surface area (Å²) >= 11 is 0. The van der Waals surface area contributed by atoms with Crippen molar-refractivity contribution in [2.75, 3.05) is 0 Å². The predicted octanol–water partition coefficient (Wildman–Crippen LogP) is 3.33. The SMILES string of the molecule is Cc1ccc(Oc2ccc([N+](=O)[O-])cc2F)c(CO)c1. The van der Waals surface area contributed by atoms with E-state index in [4.69, 9.17) is 4.74 Å². The number of hydrogen-bond donors (Lipinski definition) is 1. The third kappa shape index (κ3) is 2.92. The molecule has 0 heterocycles. The molecule has 104 valence electrons. The summed E-state index contributed by atoms with van der Waals surface area (Å²) in [6.07, 6.45) is 0. The van der Waals surface area contributed by atoms with Gasteiger partial charge in [0.25, 0.3) is 5.69 Å². The lowest BCUT2D eigenvalue weighted by atomic mass is 10.1. The van der Waals surface area contributed by atoms with E-state index in [1.807, 2.05) is 6.92 Å². The second-order valence-corrected chi connectivity index (χ2v) is 4.24. The molecule has 0 bridgehead atoms. The van der Waals surface area contributed by atoms with Crippen molar-refractivity contribution in [1.29, 1.82) is 0 Å². The van der Waals surface area contributed by atoms with Crippen LogP contribution in [0.4, 0.5) is 10.1 Å². The number of ether oxygens (including phenoxy) is 1. The third-order valence-corrected chi connectivity index (χ3v) is 2.73. The van der Waals surface area contributed by atoms with Gasteiger partial charge >= 0.3 is 0 Å². The van der Waals surface area contributed by atoms with Gasteiger partial charge < -0.3 is 9.84 Å². The fraction of sp³-hybridized carbons (Fsp3) is 0.143. The number of nitro groups is 1. The molecule has 0 aliphatic heterocycles. The number of rotatable bonds is 4. The quantitative estimate of drug-likeness (QED) is 0.687. The molecule has 0 spiro atoms. The summed E-state index contributed by atoms with van der Waals surface area (Å²) in [5.41, 5.74) is 1.11. The molecule has 1 N–H and O–H groups in total. The van der Waals surface area contributed by atoms with Crippen LogP contribution >= 0.6 is 0 Å². The summed E-state index contributed by atoms with van der Waals surface area (Å²) in [5.74, 6) is -0.649. The molecular formula is C14H12FNO4. The smallest absolute Gasteiger partial charge is 0.272 e. The zero-order valence-electron chi connectivity index (χ0n) is 10.7. The number of nitrogens with zero attached hydrogens (tertiary/aromatic N) is 1. The number of nitro benzene ring substituents is 1. The van der Waals surface area contributed by atoms with Crippen LogP contribution in [0.3, 0.4) is 0 Å². The highest BCUT2D eigenvalue weighted by molar-refractivity contribution is 5.43. The van der Waals surface area contributed by atoms with Gasteiger partial charge in [0.2, 0.25) is 0 Å². The number of non-ortho nitro benzene ring substituents is 1. The maximum atomic E-state index is 13.7. The van der Waals surface area contributed by atoms with E-state index in [-0.39, 0.29) is 18.0 Å².